The van der Waals surface area contributed by atoms with Crippen molar-refractivity contribution in [1.29, 1.82) is 0 Å². The Kier molecular flexibility index (Phi) is 7.24. The number of aromatic nitrogens is 1. The molecule has 5 N–H and O–H groups in total. The second kappa shape index (κ2) is 10.8. The number of hydrogen-bond donors (Lipinski definition) is 4. The van der Waals surface area contributed by atoms with Crippen LogP contribution in [0.4, 0.5) is 5.69 Å². The molecule has 39 heavy (non-hydrogen) atoms. The normalized spacial score (nSPS) is 13.4. The molecular weight excluding hydrogens is 538 g/mol. The average Bonchev–Trinajstić information content (AvgIpc) is 3.40. The Morgan fingerprint density at radius 2 is 1.64 bits per heavy atom. The Balaban J connectivity index is 1.27. The van der Waals surface area contributed by atoms with Crippen molar-refractivity contribution in [2.24, 2.45) is 5.73 Å². The van der Waals surface area contributed by atoms with Gasteiger partial charge in [-0.1, -0.05) is 24.3 Å². The van der Waals surface area contributed by atoms with Crippen LogP contribution in [0, 0.1) is 0 Å². The van der Waals surface area contributed by atoms with Crippen molar-refractivity contribution < 1.29 is 22.8 Å². The van der Waals surface area contributed by atoms with Gasteiger partial charge in [-0.3, -0.25) is 14.4 Å². The van der Waals surface area contributed by atoms with Crippen molar-refractivity contribution in [3.63, 3.8) is 0 Å². The molecule has 198 valence electrons. The first-order valence-electron chi connectivity index (χ1n) is 11.9. The second-order valence-corrected chi connectivity index (χ2v) is 11.6. The van der Waals surface area contributed by atoms with Crippen LogP contribution in [0.25, 0.3) is 10.6 Å². The summed E-state index contributed by atoms with van der Waals surface area (Å²) in [5.41, 5.74) is 7.05. The molecule has 2 heterocycles. The highest BCUT2D eigenvalue weighted by atomic mass is 32.2. The molecule has 0 saturated heterocycles. The zero-order valence-corrected chi connectivity index (χ0v) is 22.1. The van der Waals surface area contributed by atoms with Crippen LogP contribution in [0.2, 0.25) is 0 Å². The van der Waals surface area contributed by atoms with Gasteiger partial charge in [-0.25, -0.2) is 13.4 Å². The molecule has 5 rings (SSSR count). The molecule has 0 saturated carbocycles. The van der Waals surface area contributed by atoms with Gasteiger partial charge in [0.25, 0.3) is 17.7 Å². The molecule has 0 spiro atoms. The number of amides is 3. The highest BCUT2D eigenvalue weighted by Gasteiger charge is 2.31. The first kappa shape index (κ1) is 26.2. The number of carbonyl (C=O) groups excluding carboxylic acids is 3. The third kappa shape index (κ3) is 5.30. The van der Waals surface area contributed by atoms with Crippen LogP contribution >= 0.6 is 11.3 Å². The minimum atomic E-state index is -3.95. The number of rotatable bonds is 7. The van der Waals surface area contributed by atoms with Crippen LogP contribution in [0.3, 0.4) is 0 Å². The number of benzene rings is 3. The number of anilines is 1. The molecule has 1 aliphatic rings. The number of hydrogen-bond acceptors (Lipinski definition) is 8. The fourth-order valence-electron chi connectivity index (χ4n) is 4.04. The SMILES string of the molecule is NCCNC(=O)c1ccc(-c2ncc(CNC(=O)c3ccc4c(c3)NC(=O)c3ccccc3S4(=O)=O)s2)cc1. The smallest absolute Gasteiger partial charge is 0.257 e. The van der Waals surface area contributed by atoms with E-state index in [9.17, 15) is 22.8 Å². The highest BCUT2D eigenvalue weighted by Crippen LogP contribution is 2.34. The van der Waals surface area contributed by atoms with Crippen molar-refractivity contribution in [3.05, 3.63) is 94.5 Å². The van der Waals surface area contributed by atoms with Gasteiger partial charge in [0.1, 0.15) is 5.01 Å². The van der Waals surface area contributed by atoms with Gasteiger partial charge in [0.2, 0.25) is 9.84 Å². The maximum absolute atomic E-state index is 13.1. The number of nitrogens with one attached hydrogen (secondary N) is 3. The fraction of sp³-hybridized carbons (Fsp3) is 0.111. The summed E-state index contributed by atoms with van der Waals surface area (Å²) in [7, 11) is -3.95. The topological polar surface area (TPSA) is 160 Å². The summed E-state index contributed by atoms with van der Waals surface area (Å²) in [6.07, 6.45) is 1.66. The molecule has 0 bridgehead atoms. The minimum Gasteiger partial charge on any atom is -0.351 e. The molecule has 4 aromatic rings. The third-order valence-electron chi connectivity index (χ3n) is 6.00. The number of nitrogens with zero attached hydrogens (tertiary/aromatic N) is 1. The van der Waals surface area contributed by atoms with E-state index in [0.717, 1.165) is 15.4 Å². The van der Waals surface area contributed by atoms with Gasteiger partial charge >= 0.3 is 0 Å². The third-order valence-corrected chi connectivity index (χ3v) is 8.92. The van der Waals surface area contributed by atoms with Gasteiger partial charge in [-0.15, -0.1) is 11.3 Å². The summed E-state index contributed by atoms with van der Waals surface area (Å²) >= 11 is 1.39. The van der Waals surface area contributed by atoms with Gasteiger partial charge in [0, 0.05) is 40.9 Å². The standard InChI is InChI=1S/C27H23N5O5S2/c28-11-12-29-24(33)16-5-7-17(8-6-16)27-31-15-19(38-27)14-30-25(34)18-9-10-23-21(13-18)32-26(35)20-3-1-2-4-22(20)39(23,36)37/h1-10,13,15H,11-12,14,28H2,(H,29,33)(H,30,34)(H,32,35). The summed E-state index contributed by atoms with van der Waals surface area (Å²) < 4.78 is 26.3. The van der Waals surface area contributed by atoms with E-state index in [-0.39, 0.29) is 39.1 Å². The quantitative estimate of drug-likeness (QED) is 0.270. The van der Waals surface area contributed by atoms with E-state index < -0.39 is 21.7 Å². The summed E-state index contributed by atoms with van der Waals surface area (Å²) in [5, 5.41) is 8.85. The van der Waals surface area contributed by atoms with E-state index in [0.29, 0.717) is 18.7 Å². The summed E-state index contributed by atoms with van der Waals surface area (Å²) in [6.45, 7) is 0.959. The van der Waals surface area contributed by atoms with Gasteiger partial charge < -0.3 is 21.7 Å². The predicted octanol–water partition coefficient (Wildman–Crippen LogP) is 2.83. The summed E-state index contributed by atoms with van der Waals surface area (Å²) in [6, 6.07) is 17.1. The molecule has 3 amide bonds. The number of thiazole rings is 1. The van der Waals surface area contributed by atoms with Gasteiger partial charge in [0.05, 0.1) is 27.6 Å². The van der Waals surface area contributed by atoms with Crippen LogP contribution in [-0.2, 0) is 16.4 Å². The highest BCUT2D eigenvalue weighted by molar-refractivity contribution is 7.91. The van der Waals surface area contributed by atoms with Gasteiger partial charge in [-0.2, -0.15) is 0 Å². The first-order valence-corrected chi connectivity index (χ1v) is 14.2. The molecule has 0 atom stereocenters. The first-order chi connectivity index (χ1) is 18.8. The molecule has 0 fully saturated rings. The van der Waals surface area contributed by atoms with Gasteiger partial charge in [0.15, 0.2) is 0 Å². The van der Waals surface area contributed by atoms with Crippen molar-refractivity contribution >= 4 is 44.6 Å². The maximum Gasteiger partial charge on any atom is 0.257 e. The van der Waals surface area contributed by atoms with Crippen molar-refractivity contribution in [2.45, 2.75) is 16.3 Å². The van der Waals surface area contributed by atoms with Crippen LogP contribution in [0.1, 0.15) is 36.0 Å². The van der Waals surface area contributed by atoms with Crippen LogP contribution in [-0.4, -0.2) is 44.2 Å². The molecular formula is C27H23N5O5S2. The summed E-state index contributed by atoms with van der Waals surface area (Å²) in [5.74, 6) is -1.20. The largest absolute Gasteiger partial charge is 0.351 e. The zero-order chi connectivity index (χ0) is 27.6. The van der Waals surface area contributed by atoms with Crippen molar-refractivity contribution in [2.75, 3.05) is 18.4 Å². The molecule has 0 aliphatic carbocycles. The lowest BCUT2D eigenvalue weighted by Gasteiger charge is -2.10. The predicted molar refractivity (Wildman–Crippen MR) is 146 cm³/mol. The monoisotopic (exact) mass is 561 g/mol. The summed E-state index contributed by atoms with van der Waals surface area (Å²) in [4.78, 5) is 42.6. The zero-order valence-electron chi connectivity index (χ0n) is 20.4. The van der Waals surface area contributed by atoms with E-state index in [1.54, 1.807) is 42.6 Å². The van der Waals surface area contributed by atoms with Crippen molar-refractivity contribution in [3.8, 4) is 10.6 Å². The average molecular weight is 562 g/mol. The number of sulfone groups is 1. The Morgan fingerprint density at radius 1 is 0.923 bits per heavy atom. The number of fused-ring (bicyclic) bond motifs is 2. The molecule has 0 radical (unpaired) electrons. The number of carbonyl (C=O) groups is 3. The molecule has 1 aromatic heterocycles. The molecule has 0 unspecified atom stereocenters. The molecule has 10 nitrogen and oxygen atoms in total. The van der Waals surface area contributed by atoms with E-state index in [4.69, 9.17) is 5.73 Å². The molecule has 1 aliphatic heterocycles. The molecule has 3 aromatic carbocycles. The van der Waals surface area contributed by atoms with E-state index in [1.165, 1.54) is 41.7 Å². The lowest BCUT2D eigenvalue weighted by Crippen LogP contribution is -2.28. The lowest BCUT2D eigenvalue weighted by molar-refractivity contribution is 0.0944. The Hall–Kier alpha value is -4.39. The number of nitrogens with two attached hydrogens (primary N) is 1. The van der Waals surface area contributed by atoms with E-state index in [2.05, 4.69) is 20.9 Å². The fourth-order valence-corrected chi connectivity index (χ4v) is 6.49. The Bertz CT molecular complexity index is 1700. The van der Waals surface area contributed by atoms with E-state index in [1.807, 2.05) is 0 Å². The Labute approximate surface area is 228 Å². The van der Waals surface area contributed by atoms with Crippen LogP contribution in [0.15, 0.2) is 82.7 Å². The maximum atomic E-state index is 13.1. The van der Waals surface area contributed by atoms with E-state index >= 15 is 0 Å². The van der Waals surface area contributed by atoms with Crippen LogP contribution < -0.4 is 21.7 Å². The minimum absolute atomic E-state index is 0.0454. The van der Waals surface area contributed by atoms with Gasteiger partial charge in [-0.05, 0) is 42.5 Å². The van der Waals surface area contributed by atoms with Crippen molar-refractivity contribution in [1.82, 2.24) is 15.6 Å². The second-order valence-electron chi connectivity index (χ2n) is 8.60. The van der Waals surface area contributed by atoms with Crippen LogP contribution in [0.5, 0.6) is 0 Å². The Morgan fingerprint density at radius 3 is 2.41 bits per heavy atom. The lowest BCUT2D eigenvalue weighted by atomic mass is 10.1. The molecule has 12 heteroatoms.